The predicted molar refractivity (Wildman–Crippen MR) is 114 cm³/mol. The lowest BCUT2D eigenvalue weighted by Crippen LogP contribution is -2.40. The van der Waals surface area contributed by atoms with Crippen LogP contribution in [-0.4, -0.2) is 20.4 Å². The number of nitrogens with one attached hydrogen (secondary N) is 2. The molecule has 0 radical (unpaired) electrons. The third-order valence-electron chi connectivity index (χ3n) is 6.51. The molecule has 5 nitrogen and oxygen atoms in total. The molecule has 4 atom stereocenters. The van der Waals surface area contributed by atoms with Gasteiger partial charge in [0.15, 0.2) is 0 Å². The van der Waals surface area contributed by atoms with E-state index < -0.39 is 10.0 Å². The monoisotopic (exact) mass is 412 g/mol. The fraction of sp³-hybridized carbons (Fsp3) is 0.435. The molecule has 29 heavy (non-hydrogen) atoms. The summed E-state index contributed by atoms with van der Waals surface area (Å²) in [5.74, 6) is 1.67. The maximum Gasteiger partial charge on any atom is 0.255 e. The van der Waals surface area contributed by atoms with E-state index in [4.69, 9.17) is 0 Å². The van der Waals surface area contributed by atoms with Crippen LogP contribution in [0.15, 0.2) is 53.4 Å². The fourth-order valence-corrected chi connectivity index (χ4v) is 6.23. The molecule has 2 fully saturated rings. The zero-order chi connectivity index (χ0) is 20.6. The molecule has 0 spiro atoms. The number of rotatable bonds is 6. The molecule has 2 saturated carbocycles. The van der Waals surface area contributed by atoms with Crippen LogP contribution >= 0.6 is 0 Å². The number of benzene rings is 2. The minimum atomic E-state index is -3.58. The first kappa shape index (κ1) is 20.1. The van der Waals surface area contributed by atoms with Gasteiger partial charge < -0.3 is 5.32 Å². The number of fused-ring (bicyclic) bond motifs is 2. The van der Waals surface area contributed by atoms with E-state index in [0.29, 0.717) is 23.1 Å². The van der Waals surface area contributed by atoms with Gasteiger partial charge >= 0.3 is 0 Å². The Hall–Kier alpha value is -2.18. The van der Waals surface area contributed by atoms with Crippen LogP contribution in [0.4, 0.5) is 5.69 Å². The lowest BCUT2D eigenvalue weighted by Gasteiger charge is -2.28. The molecule has 2 aliphatic rings. The lowest BCUT2D eigenvalue weighted by atomic mass is 9.84. The van der Waals surface area contributed by atoms with Gasteiger partial charge in [0.2, 0.25) is 10.0 Å². The number of anilines is 1. The average Bonchev–Trinajstić information content (AvgIpc) is 3.32. The highest BCUT2D eigenvalue weighted by atomic mass is 32.2. The zero-order valence-electron chi connectivity index (χ0n) is 16.9. The highest BCUT2D eigenvalue weighted by molar-refractivity contribution is 7.89. The molecule has 1 amide bonds. The Bertz CT molecular complexity index is 984. The van der Waals surface area contributed by atoms with Crippen molar-refractivity contribution >= 4 is 21.6 Å². The van der Waals surface area contributed by atoms with E-state index in [-0.39, 0.29) is 16.8 Å². The van der Waals surface area contributed by atoms with E-state index >= 15 is 0 Å². The number of carbonyl (C=O) groups excluding carboxylic acids is 1. The third kappa shape index (κ3) is 4.38. The summed E-state index contributed by atoms with van der Waals surface area (Å²) < 4.78 is 28.5. The van der Waals surface area contributed by atoms with Gasteiger partial charge in [0, 0.05) is 17.3 Å². The number of sulfonamides is 1. The number of hydrogen-bond acceptors (Lipinski definition) is 3. The molecular formula is C23H28N2O3S. The molecule has 0 saturated heterocycles. The van der Waals surface area contributed by atoms with Crippen LogP contribution < -0.4 is 10.0 Å². The van der Waals surface area contributed by atoms with Crippen molar-refractivity contribution in [3.8, 4) is 0 Å². The second-order valence-corrected chi connectivity index (χ2v) is 10.3. The van der Waals surface area contributed by atoms with Gasteiger partial charge in [-0.05, 0) is 87.3 Å². The molecule has 0 aromatic heterocycles. The van der Waals surface area contributed by atoms with Crippen molar-refractivity contribution in [1.29, 1.82) is 0 Å². The van der Waals surface area contributed by atoms with Crippen molar-refractivity contribution in [2.45, 2.75) is 50.5 Å². The molecule has 6 heteroatoms. The van der Waals surface area contributed by atoms with Crippen molar-refractivity contribution in [1.82, 2.24) is 4.72 Å². The molecule has 154 valence electrons. The van der Waals surface area contributed by atoms with Gasteiger partial charge in [-0.25, -0.2) is 13.1 Å². The second kappa shape index (κ2) is 7.92. The van der Waals surface area contributed by atoms with Crippen LogP contribution in [0.1, 0.15) is 48.5 Å². The molecule has 2 bridgehead atoms. The summed E-state index contributed by atoms with van der Waals surface area (Å²) >= 11 is 0. The largest absolute Gasteiger partial charge is 0.322 e. The van der Waals surface area contributed by atoms with Crippen LogP contribution in [0.2, 0.25) is 0 Å². The fourth-order valence-electron chi connectivity index (χ4n) is 4.93. The smallest absolute Gasteiger partial charge is 0.255 e. The van der Waals surface area contributed by atoms with Crippen LogP contribution in [0.25, 0.3) is 0 Å². The van der Waals surface area contributed by atoms with E-state index in [0.717, 1.165) is 17.9 Å². The number of carbonyl (C=O) groups is 1. The molecule has 0 unspecified atom stereocenters. The number of hydrogen-bond donors (Lipinski definition) is 2. The van der Waals surface area contributed by atoms with Crippen molar-refractivity contribution in [2.24, 2.45) is 17.8 Å². The van der Waals surface area contributed by atoms with Gasteiger partial charge in [0.1, 0.15) is 0 Å². The molecule has 0 heterocycles. The molecular weight excluding hydrogens is 384 g/mol. The summed E-state index contributed by atoms with van der Waals surface area (Å²) in [6.07, 6.45) is 4.93. The van der Waals surface area contributed by atoms with Gasteiger partial charge in [-0.3, -0.25) is 4.79 Å². The first-order chi connectivity index (χ1) is 13.8. The summed E-state index contributed by atoms with van der Waals surface area (Å²) in [7, 11) is -3.58. The normalized spacial score (nSPS) is 24.4. The summed E-state index contributed by atoms with van der Waals surface area (Å²) in [5.41, 5.74) is 2.22. The average molecular weight is 413 g/mol. The van der Waals surface area contributed by atoms with E-state index in [2.05, 4.69) is 10.0 Å². The Morgan fingerprint density at radius 1 is 1.00 bits per heavy atom. The predicted octanol–water partition coefficient (Wildman–Crippen LogP) is 4.35. The minimum Gasteiger partial charge on any atom is -0.322 e. The Morgan fingerprint density at radius 3 is 2.28 bits per heavy atom. The SMILES string of the molecule is Cc1ccc(C(=O)Nc2ccc(S(=O)(=O)N[C@@H](C)[C@H]3C[C@@H]4CC[C@@H]3C4)cc2)cc1. The maximum atomic E-state index is 12.8. The molecule has 0 aliphatic heterocycles. The molecule has 2 N–H and O–H groups in total. The molecule has 2 aliphatic carbocycles. The van der Waals surface area contributed by atoms with E-state index in [9.17, 15) is 13.2 Å². The molecule has 4 rings (SSSR count). The summed E-state index contributed by atoms with van der Waals surface area (Å²) in [5, 5.41) is 2.81. The van der Waals surface area contributed by atoms with Crippen LogP contribution in [0, 0.1) is 24.7 Å². The zero-order valence-corrected chi connectivity index (χ0v) is 17.7. The van der Waals surface area contributed by atoms with Crippen LogP contribution in [0.3, 0.4) is 0 Å². The quantitative estimate of drug-likeness (QED) is 0.741. The first-order valence-electron chi connectivity index (χ1n) is 10.3. The van der Waals surface area contributed by atoms with Gasteiger partial charge in [0.05, 0.1) is 4.90 Å². The van der Waals surface area contributed by atoms with E-state index in [1.54, 1.807) is 36.4 Å². The standard InChI is InChI=1S/C23H28N2O3S/c1-15-3-6-18(7-4-15)23(26)24-20-9-11-21(12-10-20)29(27,28)25-16(2)22-14-17-5-8-19(22)13-17/h3-4,6-7,9-12,16-17,19,22,25H,5,8,13-14H2,1-2H3,(H,24,26)/t16-,17+,19+,22+/m0/s1. The van der Waals surface area contributed by atoms with Crippen LogP contribution in [-0.2, 0) is 10.0 Å². The molecule has 2 aromatic carbocycles. The Balaban J connectivity index is 1.40. The highest BCUT2D eigenvalue weighted by Crippen LogP contribution is 2.49. The second-order valence-electron chi connectivity index (χ2n) is 8.59. The Labute approximate surface area is 173 Å². The number of amides is 1. The van der Waals surface area contributed by atoms with Gasteiger partial charge in [0.25, 0.3) is 5.91 Å². The summed E-state index contributed by atoms with van der Waals surface area (Å²) in [4.78, 5) is 12.5. The van der Waals surface area contributed by atoms with E-state index in [1.165, 1.54) is 19.3 Å². The lowest BCUT2D eigenvalue weighted by molar-refractivity contribution is 0.102. The third-order valence-corrected chi connectivity index (χ3v) is 8.09. The van der Waals surface area contributed by atoms with E-state index in [1.807, 2.05) is 26.0 Å². The van der Waals surface area contributed by atoms with Crippen molar-refractivity contribution < 1.29 is 13.2 Å². The Kier molecular flexibility index (Phi) is 5.49. The maximum absolute atomic E-state index is 12.8. The van der Waals surface area contributed by atoms with Crippen molar-refractivity contribution in [3.05, 3.63) is 59.7 Å². The van der Waals surface area contributed by atoms with Crippen molar-refractivity contribution in [3.63, 3.8) is 0 Å². The van der Waals surface area contributed by atoms with Crippen LogP contribution in [0.5, 0.6) is 0 Å². The summed E-state index contributed by atoms with van der Waals surface area (Å²) in [6, 6.07) is 13.6. The van der Waals surface area contributed by atoms with Gasteiger partial charge in [-0.15, -0.1) is 0 Å². The minimum absolute atomic E-state index is 0.0591. The Morgan fingerprint density at radius 2 is 1.69 bits per heavy atom. The van der Waals surface area contributed by atoms with Gasteiger partial charge in [-0.1, -0.05) is 24.1 Å². The first-order valence-corrected chi connectivity index (χ1v) is 11.8. The highest BCUT2D eigenvalue weighted by Gasteiger charge is 2.42. The number of aryl methyl sites for hydroxylation is 1. The van der Waals surface area contributed by atoms with Crippen molar-refractivity contribution in [2.75, 3.05) is 5.32 Å². The topological polar surface area (TPSA) is 75.3 Å². The summed E-state index contributed by atoms with van der Waals surface area (Å²) in [6.45, 7) is 3.95. The van der Waals surface area contributed by atoms with Gasteiger partial charge in [-0.2, -0.15) is 0 Å². The molecule has 2 aromatic rings.